The molecule has 1 atom stereocenters. The molecule has 0 radical (unpaired) electrons. The van der Waals surface area contributed by atoms with Crippen LogP contribution in [0.1, 0.15) is 6.42 Å². The molecule has 0 spiro atoms. The Morgan fingerprint density at radius 3 is 2.90 bits per heavy atom. The summed E-state index contributed by atoms with van der Waals surface area (Å²) in [5.74, 6) is 0. The maximum Gasteiger partial charge on any atom is 0.168 e. The summed E-state index contributed by atoms with van der Waals surface area (Å²) >= 11 is 4.97. The molecule has 0 bridgehead atoms. The number of aliphatic hydroxyl groups excluding tert-OH is 1. The maximum atomic E-state index is 9.11. The van der Waals surface area contributed by atoms with E-state index in [1.807, 2.05) is 4.90 Å². The first-order chi connectivity index (χ1) is 4.74. The van der Waals surface area contributed by atoms with Gasteiger partial charge in [-0.25, -0.2) is 0 Å². The van der Waals surface area contributed by atoms with Crippen LogP contribution in [0.25, 0.3) is 0 Å². The molecule has 0 aromatic rings. The van der Waals surface area contributed by atoms with Crippen molar-refractivity contribution in [2.24, 2.45) is 0 Å². The van der Waals surface area contributed by atoms with Gasteiger partial charge in [0.05, 0.1) is 6.10 Å². The second-order valence-electron chi connectivity index (χ2n) is 2.44. The molecule has 1 fully saturated rings. The predicted molar refractivity (Wildman–Crippen MR) is 43.9 cm³/mol. The molecule has 58 valence electrons. The average Bonchev–Trinajstić information content (AvgIpc) is 2.34. The number of thiocarbonyl (C=S) groups is 1. The summed E-state index contributed by atoms with van der Waals surface area (Å²) in [5, 5.41) is 12.7. The average molecular weight is 160 g/mol. The fraction of sp³-hybridized carbons (Fsp3) is 0.833. The monoisotopic (exact) mass is 160 g/mol. The van der Waals surface area contributed by atoms with Crippen LogP contribution < -0.4 is 5.32 Å². The van der Waals surface area contributed by atoms with Gasteiger partial charge in [0, 0.05) is 20.1 Å². The van der Waals surface area contributed by atoms with Gasteiger partial charge in [0.25, 0.3) is 0 Å². The molecule has 10 heavy (non-hydrogen) atoms. The summed E-state index contributed by atoms with van der Waals surface area (Å²) in [6.45, 7) is 1.56. The van der Waals surface area contributed by atoms with E-state index in [-0.39, 0.29) is 6.10 Å². The number of likely N-dealkylation sites (tertiary alicyclic amines) is 1. The van der Waals surface area contributed by atoms with Gasteiger partial charge in [-0.1, -0.05) is 0 Å². The summed E-state index contributed by atoms with van der Waals surface area (Å²) in [7, 11) is 1.80. The van der Waals surface area contributed by atoms with E-state index in [9.17, 15) is 0 Å². The molecule has 3 nitrogen and oxygen atoms in total. The quantitative estimate of drug-likeness (QED) is 0.471. The lowest BCUT2D eigenvalue weighted by atomic mass is 10.3. The number of β-amino-alcohol motifs (C(OH)–C–C–N with tert-alkyl or cyclic N) is 1. The van der Waals surface area contributed by atoms with Gasteiger partial charge >= 0.3 is 0 Å². The van der Waals surface area contributed by atoms with E-state index in [0.717, 1.165) is 18.1 Å². The van der Waals surface area contributed by atoms with Crippen molar-refractivity contribution < 1.29 is 5.11 Å². The smallest absolute Gasteiger partial charge is 0.168 e. The third-order valence-corrected chi connectivity index (χ3v) is 2.13. The lowest BCUT2D eigenvalue weighted by molar-refractivity contribution is 0.188. The minimum Gasteiger partial charge on any atom is -0.391 e. The van der Waals surface area contributed by atoms with Crippen molar-refractivity contribution in [1.29, 1.82) is 0 Å². The SMILES string of the molecule is CNC(=S)N1CC[C@@H](O)C1. The van der Waals surface area contributed by atoms with Crippen LogP contribution in [0.4, 0.5) is 0 Å². The molecule has 2 N–H and O–H groups in total. The molecule has 1 aliphatic rings. The Labute approximate surface area is 66.0 Å². The van der Waals surface area contributed by atoms with Crippen LogP contribution in [0.15, 0.2) is 0 Å². The van der Waals surface area contributed by atoms with Crippen LogP contribution in [0.5, 0.6) is 0 Å². The second-order valence-corrected chi connectivity index (χ2v) is 2.83. The Kier molecular flexibility index (Phi) is 2.45. The molecule has 4 heteroatoms. The van der Waals surface area contributed by atoms with E-state index >= 15 is 0 Å². The lowest BCUT2D eigenvalue weighted by Gasteiger charge is -2.17. The Hall–Kier alpha value is -0.350. The van der Waals surface area contributed by atoms with Crippen LogP contribution in [-0.4, -0.2) is 41.4 Å². The van der Waals surface area contributed by atoms with Gasteiger partial charge in [-0.05, 0) is 18.6 Å². The molecule has 0 unspecified atom stereocenters. The fourth-order valence-corrected chi connectivity index (χ4v) is 1.25. The van der Waals surface area contributed by atoms with Gasteiger partial charge in [-0.15, -0.1) is 0 Å². The second kappa shape index (κ2) is 3.16. The van der Waals surface area contributed by atoms with Crippen molar-refractivity contribution in [3.05, 3.63) is 0 Å². The minimum absolute atomic E-state index is 0.189. The largest absolute Gasteiger partial charge is 0.391 e. The summed E-state index contributed by atoms with van der Waals surface area (Å²) in [6.07, 6.45) is 0.647. The molecule has 0 aromatic carbocycles. The molecule has 0 amide bonds. The third kappa shape index (κ3) is 1.58. The summed E-state index contributed by atoms with van der Waals surface area (Å²) in [6, 6.07) is 0. The van der Waals surface area contributed by atoms with Crippen LogP contribution in [0, 0.1) is 0 Å². The van der Waals surface area contributed by atoms with E-state index in [0.29, 0.717) is 6.54 Å². The normalized spacial score (nSPS) is 25.0. The van der Waals surface area contributed by atoms with Gasteiger partial charge in [-0.3, -0.25) is 0 Å². The Balaban J connectivity index is 2.37. The molecule has 0 aromatic heterocycles. The minimum atomic E-state index is -0.189. The number of nitrogens with one attached hydrogen (secondary N) is 1. The van der Waals surface area contributed by atoms with Gasteiger partial charge in [-0.2, -0.15) is 0 Å². The Morgan fingerprint density at radius 1 is 1.80 bits per heavy atom. The third-order valence-electron chi connectivity index (χ3n) is 1.66. The summed E-state index contributed by atoms with van der Waals surface area (Å²) in [5.41, 5.74) is 0. The predicted octanol–water partition coefficient (Wildman–Crippen LogP) is -0.443. The molecular formula is C6H12N2OS. The maximum absolute atomic E-state index is 9.11. The van der Waals surface area contributed by atoms with Crippen LogP contribution >= 0.6 is 12.2 Å². The Bertz CT molecular complexity index is 140. The van der Waals surface area contributed by atoms with Gasteiger partial charge in [0.2, 0.25) is 0 Å². The van der Waals surface area contributed by atoms with E-state index in [1.165, 1.54) is 0 Å². The zero-order valence-corrected chi connectivity index (χ0v) is 6.82. The molecule has 1 heterocycles. The lowest BCUT2D eigenvalue weighted by Crippen LogP contribution is -2.36. The summed E-state index contributed by atoms with van der Waals surface area (Å²) in [4.78, 5) is 1.97. The van der Waals surface area contributed by atoms with E-state index in [1.54, 1.807) is 7.05 Å². The Morgan fingerprint density at radius 2 is 2.50 bits per heavy atom. The van der Waals surface area contributed by atoms with Crippen LogP contribution in [0.3, 0.4) is 0 Å². The number of nitrogens with zero attached hydrogens (tertiary/aromatic N) is 1. The highest BCUT2D eigenvalue weighted by atomic mass is 32.1. The number of hydrogen-bond donors (Lipinski definition) is 2. The van der Waals surface area contributed by atoms with Crippen molar-refractivity contribution in [3.63, 3.8) is 0 Å². The zero-order chi connectivity index (χ0) is 7.56. The van der Waals surface area contributed by atoms with Crippen molar-refractivity contribution >= 4 is 17.3 Å². The molecule has 1 aliphatic heterocycles. The van der Waals surface area contributed by atoms with E-state index in [2.05, 4.69) is 5.32 Å². The number of rotatable bonds is 0. The molecule has 0 saturated carbocycles. The van der Waals surface area contributed by atoms with Gasteiger partial charge in [0.15, 0.2) is 5.11 Å². The highest BCUT2D eigenvalue weighted by Gasteiger charge is 2.20. The van der Waals surface area contributed by atoms with Gasteiger partial charge in [0.1, 0.15) is 0 Å². The van der Waals surface area contributed by atoms with Gasteiger partial charge < -0.3 is 15.3 Å². The van der Waals surface area contributed by atoms with E-state index < -0.39 is 0 Å². The molecule has 1 rings (SSSR count). The molecule has 1 saturated heterocycles. The molecular weight excluding hydrogens is 148 g/mol. The first-order valence-corrected chi connectivity index (χ1v) is 3.79. The fourth-order valence-electron chi connectivity index (χ4n) is 1.08. The first kappa shape index (κ1) is 7.75. The van der Waals surface area contributed by atoms with Crippen LogP contribution in [-0.2, 0) is 0 Å². The first-order valence-electron chi connectivity index (χ1n) is 3.38. The van der Waals surface area contributed by atoms with Crippen LogP contribution in [0.2, 0.25) is 0 Å². The van der Waals surface area contributed by atoms with Crippen molar-refractivity contribution in [2.75, 3.05) is 20.1 Å². The number of aliphatic hydroxyl groups is 1. The van der Waals surface area contributed by atoms with E-state index in [4.69, 9.17) is 17.3 Å². The number of hydrogen-bond acceptors (Lipinski definition) is 2. The zero-order valence-electron chi connectivity index (χ0n) is 6.00. The van der Waals surface area contributed by atoms with Crippen molar-refractivity contribution in [2.45, 2.75) is 12.5 Å². The van der Waals surface area contributed by atoms with Crippen molar-refractivity contribution in [3.8, 4) is 0 Å². The molecule has 0 aliphatic carbocycles. The topological polar surface area (TPSA) is 35.5 Å². The highest BCUT2D eigenvalue weighted by Crippen LogP contribution is 2.07. The standard InChI is InChI=1S/C6H12N2OS/c1-7-6(10)8-3-2-5(9)4-8/h5,9H,2-4H2,1H3,(H,7,10)/t5-/m1/s1. The summed E-state index contributed by atoms with van der Waals surface area (Å²) < 4.78 is 0. The van der Waals surface area contributed by atoms with Crippen molar-refractivity contribution in [1.82, 2.24) is 10.2 Å². The highest BCUT2D eigenvalue weighted by molar-refractivity contribution is 7.80.